The molecule has 1 heterocycles. The van der Waals surface area contributed by atoms with E-state index < -0.39 is 5.63 Å². The van der Waals surface area contributed by atoms with Gasteiger partial charge in [-0.15, -0.1) is 0 Å². The van der Waals surface area contributed by atoms with Gasteiger partial charge in [-0.25, -0.2) is 4.79 Å². The molecule has 0 aliphatic rings. The number of carbonyl (C=O) groups excluding carboxylic acids is 1. The van der Waals surface area contributed by atoms with Crippen molar-refractivity contribution in [1.82, 2.24) is 5.32 Å². The molecule has 0 aliphatic carbocycles. The molecule has 0 bridgehead atoms. The van der Waals surface area contributed by atoms with Crippen molar-refractivity contribution in [2.75, 3.05) is 6.54 Å². The van der Waals surface area contributed by atoms with Gasteiger partial charge in [-0.3, -0.25) is 4.79 Å². The first-order valence-electron chi connectivity index (χ1n) is 7.96. The molecular formula is C18H23NO3. The van der Waals surface area contributed by atoms with E-state index in [0.29, 0.717) is 17.8 Å². The Morgan fingerprint density at radius 3 is 2.77 bits per heavy atom. The first-order valence-corrected chi connectivity index (χ1v) is 7.96. The average Bonchev–Trinajstić information content (AvgIpc) is 2.54. The lowest BCUT2D eigenvalue weighted by atomic mass is 9.99. The summed E-state index contributed by atoms with van der Waals surface area (Å²) in [5, 5.41) is 4.10. The van der Waals surface area contributed by atoms with Crippen LogP contribution >= 0.6 is 0 Å². The van der Waals surface area contributed by atoms with Crippen LogP contribution in [0.2, 0.25) is 0 Å². The second kappa shape index (κ2) is 7.78. The molecule has 2 aromatic rings. The summed E-state index contributed by atoms with van der Waals surface area (Å²) in [6.07, 6.45) is 4.46. The molecule has 1 atom stereocenters. The third kappa shape index (κ3) is 3.97. The van der Waals surface area contributed by atoms with Gasteiger partial charge in [0, 0.05) is 6.54 Å². The first-order chi connectivity index (χ1) is 10.7. The number of benzene rings is 1. The van der Waals surface area contributed by atoms with E-state index in [1.165, 1.54) is 6.42 Å². The number of unbranched alkanes of at least 4 members (excludes halogenated alkanes) is 1. The van der Waals surface area contributed by atoms with Crippen molar-refractivity contribution in [1.29, 1.82) is 0 Å². The fourth-order valence-corrected chi connectivity index (χ4v) is 2.51. The van der Waals surface area contributed by atoms with E-state index in [9.17, 15) is 9.59 Å². The Balaban J connectivity index is 2.08. The maximum atomic E-state index is 12.2. The zero-order valence-electron chi connectivity index (χ0n) is 13.2. The third-order valence-corrected chi connectivity index (χ3v) is 3.99. The molecule has 0 spiro atoms. The predicted molar refractivity (Wildman–Crippen MR) is 88.1 cm³/mol. The lowest BCUT2D eigenvalue weighted by Crippen LogP contribution is -2.29. The predicted octanol–water partition coefficient (Wildman–Crippen LogP) is 3.74. The summed E-state index contributed by atoms with van der Waals surface area (Å²) in [6.45, 7) is 4.91. The molecule has 118 valence electrons. The smallest absolute Gasteiger partial charge is 0.344 e. The maximum absolute atomic E-state index is 12.2. The third-order valence-electron chi connectivity index (χ3n) is 3.99. The van der Waals surface area contributed by atoms with Crippen molar-refractivity contribution in [3.63, 3.8) is 0 Å². The molecular weight excluding hydrogens is 278 g/mol. The molecule has 1 amide bonds. The summed E-state index contributed by atoms with van der Waals surface area (Å²) in [6, 6.07) is 8.73. The van der Waals surface area contributed by atoms with Gasteiger partial charge in [0.15, 0.2) is 5.76 Å². The molecule has 0 unspecified atom stereocenters. The van der Waals surface area contributed by atoms with Crippen molar-refractivity contribution in [2.24, 2.45) is 5.92 Å². The molecule has 0 saturated carbocycles. The van der Waals surface area contributed by atoms with E-state index in [1.54, 1.807) is 24.3 Å². The second-order valence-corrected chi connectivity index (χ2v) is 5.61. The molecule has 4 nitrogen and oxygen atoms in total. The van der Waals surface area contributed by atoms with Crippen LogP contribution in [0.25, 0.3) is 10.8 Å². The summed E-state index contributed by atoms with van der Waals surface area (Å²) >= 11 is 0. The van der Waals surface area contributed by atoms with E-state index in [-0.39, 0.29) is 11.7 Å². The summed E-state index contributed by atoms with van der Waals surface area (Å²) < 4.78 is 5.13. The number of rotatable bonds is 7. The van der Waals surface area contributed by atoms with Crippen molar-refractivity contribution in [3.05, 3.63) is 46.5 Å². The van der Waals surface area contributed by atoms with Crippen LogP contribution in [0.3, 0.4) is 0 Å². The lowest BCUT2D eigenvalue weighted by Gasteiger charge is -2.14. The Bertz CT molecular complexity index is 690. The van der Waals surface area contributed by atoms with Gasteiger partial charge < -0.3 is 9.73 Å². The highest BCUT2D eigenvalue weighted by molar-refractivity contribution is 5.95. The maximum Gasteiger partial charge on any atom is 0.344 e. The minimum Gasteiger partial charge on any atom is -0.417 e. The van der Waals surface area contributed by atoms with E-state index in [0.717, 1.165) is 24.6 Å². The summed E-state index contributed by atoms with van der Waals surface area (Å²) in [4.78, 5) is 24.1. The molecule has 0 radical (unpaired) electrons. The SMILES string of the molecule is CCCC[C@@H](CC)CNC(=O)c1cc2ccccc2c(=O)o1. The number of nitrogens with one attached hydrogen (secondary N) is 1. The van der Waals surface area contributed by atoms with Crippen molar-refractivity contribution in [3.8, 4) is 0 Å². The minimum atomic E-state index is -0.471. The number of amides is 1. The van der Waals surface area contributed by atoms with Gasteiger partial charge >= 0.3 is 5.63 Å². The molecule has 1 aromatic heterocycles. The number of carbonyl (C=O) groups is 1. The quantitative estimate of drug-likeness (QED) is 0.847. The van der Waals surface area contributed by atoms with Gasteiger partial charge in [-0.1, -0.05) is 51.3 Å². The van der Waals surface area contributed by atoms with Crippen LogP contribution in [0.4, 0.5) is 0 Å². The zero-order chi connectivity index (χ0) is 15.9. The number of hydrogen-bond acceptors (Lipinski definition) is 3. The summed E-state index contributed by atoms with van der Waals surface area (Å²) in [5.74, 6) is 0.225. The van der Waals surface area contributed by atoms with Crippen molar-refractivity contribution in [2.45, 2.75) is 39.5 Å². The molecule has 4 heteroatoms. The number of hydrogen-bond donors (Lipinski definition) is 1. The topological polar surface area (TPSA) is 59.3 Å². The lowest BCUT2D eigenvalue weighted by molar-refractivity contribution is 0.0914. The Hall–Kier alpha value is -2.10. The molecule has 1 N–H and O–H groups in total. The van der Waals surface area contributed by atoms with E-state index >= 15 is 0 Å². The Kier molecular flexibility index (Phi) is 5.75. The van der Waals surface area contributed by atoms with Crippen LogP contribution in [-0.2, 0) is 0 Å². The monoisotopic (exact) mass is 301 g/mol. The Labute approximate surface area is 130 Å². The van der Waals surface area contributed by atoms with Crippen LogP contribution in [0, 0.1) is 5.92 Å². The van der Waals surface area contributed by atoms with Gasteiger partial charge in [0.1, 0.15) is 0 Å². The second-order valence-electron chi connectivity index (χ2n) is 5.61. The van der Waals surface area contributed by atoms with Gasteiger partial charge in [0.25, 0.3) is 5.91 Å². The molecule has 0 aliphatic heterocycles. The van der Waals surface area contributed by atoms with Gasteiger partial charge in [-0.05, 0) is 29.9 Å². The van der Waals surface area contributed by atoms with Gasteiger partial charge in [-0.2, -0.15) is 0 Å². The highest BCUT2D eigenvalue weighted by atomic mass is 16.4. The first kappa shape index (κ1) is 16.3. The van der Waals surface area contributed by atoms with Gasteiger partial charge in [0.2, 0.25) is 0 Å². The van der Waals surface area contributed by atoms with Crippen LogP contribution < -0.4 is 10.9 Å². The fourth-order valence-electron chi connectivity index (χ4n) is 2.51. The standard InChI is InChI=1S/C18H23NO3/c1-3-5-8-13(4-2)12-19-17(20)16-11-14-9-6-7-10-15(14)18(21)22-16/h6-7,9-11,13H,3-5,8,12H2,1-2H3,(H,19,20)/t13-/m1/s1. The summed E-state index contributed by atoms with van der Waals surface area (Å²) in [7, 11) is 0. The highest BCUT2D eigenvalue weighted by Crippen LogP contribution is 2.13. The van der Waals surface area contributed by atoms with Gasteiger partial charge in [0.05, 0.1) is 5.39 Å². The molecule has 1 aromatic carbocycles. The molecule has 0 saturated heterocycles. The van der Waals surface area contributed by atoms with Crippen LogP contribution in [0.5, 0.6) is 0 Å². The van der Waals surface area contributed by atoms with E-state index in [1.807, 2.05) is 6.07 Å². The number of fused-ring (bicyclic) bond motifs is 1. The average molecular weight is 301 g/mol. The summed E-state index contributed by atoms with van der Waals surface area (Å²) in [5.41, 5.74) is -0.471. The van der Waals surface area contributed by atoms with Crippen molar-refractivity contribution >= 4 is 16.7 Å². The van der Waals surface area contributed by atoms with E-state index in [4.69, 9.17) is 4.42 Å². The Morgan fingerprint density at radius 2 is 2.05 bits per heavy atom. The zero-order valence-corrected chi connectivity index (χ0v) is 13.2. The Morgan fingerprint density at radius 1 is 1.27 bits per heavy atom. The largest absolute Gasteiger partial charge is 0.417 e. The normalized spacial score (nSPS) is 12.3. The van der Waals surface area contributed by atoms with Crippen molar-refractivity contribution < 1.29 is 9.21 Å². The molecule has 0 fully saturated rings. The van der Waals surface area contributed by atoms with E-state index in [2.05, 4.69) is 19.2 Å². The van der Waals surface area contributed by atoms with Crippen LogP contribution in [0.1, 0.15) is 50.1 Å². The fraction of sp³-hybridized carbons (Fsp3) is 0.444. The minimum absolute atomic E-state index is 0.0778. The molecule has 22 heavy (non-hydrogen) atoms. The van der Waals surface area contributed by atoms with Crippen LogP contribution in [-0.4, -0.2) is 12.5 Å². The highest BCUT2D eigenvalue weighted by Gasteiger charge is 2.13. The van der Waals surface area contributed by atoms with Crippen LogP contribution in [0.15, 0.2) is 39.5 Å². The molecule has 2 rings (SSSR count).